The quantitative estimate of drug-likeness (QED) is 0.0249. The molecule has 6 aromatic carbocycles. The number of amides is 2. The van der Waals surface area contributed by atoms with Gasteiger partial charge in [-0.15, -0.1) is 0 Å². The molecule has 0 spiro atoms. The Morgan fingerprint density at radius 1 is 0.473 bits per heavy atom. The zero-order valence-electron chi connectivity index (χ0n) is 52.2. The molecule has 2 amide bonds. The summed E-state index contributed by atoms with van der Waals surface area (Å²) in [6, 6.07) is 40.9. The van der Waals surface area contributed by atoms with Crippen molar-refractivity contribution in [2.45, 2.75) is 116 Å². The smallest absolute Gasteiger partial charge is 0.550 e. The molecule has 21 heteroatoms. The molecular weight excluding hydrogens is 1200 g/mol. The summed E-state index contributed by atoms with van der Waals surface area (Å²) in [5, 5.41) is 69.6. The molecule has 0 aliphatic rings. The second kappa shape index (κ2) is 33.8. The van der Waals surface area contributed by atoms with Gasteiger partial charge in [-0.3, -0.25) is 9.59 Å². The second-order valence-electron chi connectivity index (χ2n) is 22.2. The SMILES string of the molecule is COc1ccc(NC(=O)c2c(-c3ccccc3)c(-c3ccc(F)cc3)n(CC[C@@H](O)C[C@@H](O)CC(=O)[O-])c2C(C)C)c(OC)c1.COc1ccc(NC(=O)c2c(-c3ccccc3)c(-c3ccc(F)cc3)n(CC[C@@H](O)C[C@@H](O)CC(=O)[O-])c2C(C)C)c(OC)c1.[Ca+2]. The summed E-state index contributed by atoms with van der Waals surface area (Å²) in [6.45, 7) is 8.27. The van der Waals surface area contributed by atoms with Gasteiger partial charge in [0.1, 0.15) is 34.6 Å². The number of methoxy groups -OCH3 is 4. The summed E-state index contributed by atoms with van der Waals surface area (Å²) in [6.07, 6.45) is -5.81. The Bertz CT molecular complexity index is 3490. The zero-order chi connectivity index (χ0) is 65.3. The number of carboxylic acids is 2. The average molecular weight is 1280 g/mol. The van der Waals surface area contributed by atoms with Crippen LogP contribution in [0.1, 0.15) is 110 Å². The number of carboxylic acid groups (broad SMARTS) is 2. The fourth-order valence-corrected chi connectivity index (χ4v) is 11.1. The molecule has 4 atom stereocenters. The Labute approximate surface area is 558 Å². The van der Waals surface area contributed by atoms with Gasteiger partial charge in [0.15, 0.2) is 0 Å². The van der Waals surface area contributed by atoms with Crippen LogP contribution in [0.3, 0.4) is 0 Å². The minimum Gasteiger partial charge on any atom is -0.550 e. The Hall–Kier alpha value is -8.08. The van der Waals surface area contributed by atoms with E-state index in [1.165, 1.54) is 52.7 Å². The Morgan fingerprint density at radius 3 is 1.11 bits per heavy atom. The number of carbonyl (C=O) groups is 4. The Kier molecular flexibility index (Phi) is 26.8. The molecule has 0 saturated heterocycles. The number of benzene rings is 6. The van der Waals surface area contributed by atoms with Crippen LogP contribution in [0.2, 0.25) is 0 Å². The maximum atomic E-state index is 14.4. The third-order valence-corrected chi connectivity index (χ3v) is 15.1. The van der Waals surface area contributed by atoms with Gasteiger partial charge in [0.2, 0.25) is 0 Å². The number of aliphatic hydroxyl groups is 4. The van der Waals surface area contributed by atoms with Crippen LogP contribution in [0.25, 0.3) is 44.8 Å². The Morgan fingerprint density at radius 2 is 0.813 bits per heavy atom. The number of anilines is 2. The normalized spacial score (nSPS) is 12.4. The maximum absolute atomic E-state index is 14.4. The van der Waals surface area contributed by atoms with Gasteiger partial charge >= 0.3 is 37.7 Å². The number of nitrogens with zero attached hydrogens (tertiary/aromatic N) is 2. The molecule has 476 valence electrons. The largest absolute Gasteiger partial charge is 2.00 e. The fraction of sp³-hybridized carbons (Fsp3) is 0.314. The molecule has 0 radical (unpaired) electrons. The average Bonchev–Trinajstić information content (AvgIpc) is 1.64. The van der Waals surface area contributed by atoms with E-state index in [0.29, 0.717) is 90.5 Å². The van der Waals surface area contributed by atoms with Crippen molar-refractivity contribution in [3.63, 3.8) is 0 Å². The molecule has 0 fully saturated rings. The third-order valence-electron chi connectivity index (χ3n) is 15.1. The van der Waals surface area contributed by atoms with Crippen molar-refractivity contribution in [1.82, 2.24) is 9.13 Å². The van der Waals surface area contributed by atoms with Crippen LogP contribution in [0.4, 0.5) is 20.2 Å². The van der Waals surface area contributed by atoms with E-state index in [2.05, 4.69) is 10.6 Å². The molecule has 8 aromatic rings. The number of rotatable bonds is 28. The first-order valence-corrected chi connectivity index (χ1v) is 29.4. The van der Waals surface area contributed by atoms with E-state index in [4.69, 9.17) is 18.9 Å². The van der Waals surface area contributed by atoms with Crippen molar-refractivity contribution in [2.75, 3.05) is 39.1 Å². The molecule has 6 N–H and O–H groups in total. The summed E-state index contributed by atoms with van der Waals surface area (Å²) < 4.78 is 53.8. The van der Waals surface area contributed by atoms with E-state index in [1.807, 2.05) is 97.5 Å². The first kappa shape index (κ1) is 72.0. The number of aliphatic hydroxyl groups excluding tert-OH is 4. The number of hydrogen-bond donors (Lipinski definition) is 6. The van der Waals surface area contributed by atoms with Crippen LogP contribution in [0.5, 0.6) is 23.0 Å². The summed E-state index contributed by atoms with van der Waals surface area (Å²) in [5.41, 5.74) is 8.43. The molecule has 0 saturated carbocycles. The van der Waals surface area contributed by atoms with E-state index >= 15 is 0 Å². The van der Waals surface area contributed by atoms with E-state index in [0.717, 1.165) is 11.1 Å². The van der Waals surface area contributed by atoms with E-state index in [9.17, 15) is 58.6 Å². The van der Waals surface area contributed by atoms with Crippen LogP contribution >= 0.6 is 0 Å². The molecule has 2 heterocycles. The van der Waals surface area contributed by atoms with Crippen LogP contribution in [0.15, 0.2) is 146 Å². The molecule has 2 aromatic heterocycles. The van der Waals surface area contributed by atoms with E-state index < -0.39 is 72.6 Å². The second-order valence-corrected chi connectivity index (χ2v) is 22.2. The predicted molar refractivity (Wildman–Crippen MR) is 341 cm³/mol. The Balaban J connectivity index is 0.000000286. The van der Waals surface area contributed by atoms with Gasteiger partial charge in [0.25, 0.3) is 11.8 Å². The number of aliphatic carboxylic acids is 2. The van der Waals surface area contributed by atoms with Gasteiger partial charge < -0.3 is 78.9 Å². The van der Waals surface area contributed by atoms with Crippen molar-refractivity contribution in [2.24, 2.45) is 0 Å². The van der Waals surface area contributed by atoms with E-state index in [1.54, 1.807) is 60.7 Å². The summed E-state index contributed by atoms with van der Waals surface area (Å²) >= 11 is 0. The number of carbonyl (C=O) groups excluding carboxylic acids is 4. The fourth-order valence-electron chi connectivity index (χ4n) is 11.1. The number of hydrogen-bond acceptors (Lipinski definition) is 14. The number of aromatic nitrogens is 2. The van der Waals surface area contributed by atoms with Crippen molar-refractivity contribution in [1.29, 1.82) is 0 Å². The minimum atomic E-state index is -1.41. The standard InChI is InChI=1S/2C35H39FN2O7.Ca/c2*1-21(2)33-32(35(43)37-28-15-14-27(44-3)20-29(28)45-4)31(22-8-6-5-7-9-22)34(23-10-12-24(36)13-11-23)38(33)17-16-25(39)18-26(40)19-30(41)42;/h2*5-15,20-21,25-26,39-40H,16-19H2,1-4H3,(H,37,43)(H,41,42);/q;;+2/p-2/t2*25-,26-;/m11./s1. The number of nitrogens with one attached hydrogen (secondary N) is 2. The molecule has 91 heavy (non-hydrogen) atoms. The molecular formula is C70H76CaF2N4O14. The summed E-state index contributed by atoms with van der Waals surface area (Å²) in [5.74, 6) is -2.85. The van der Waals surface area contributed by atoms with Crippen LogP contribution in [-0.2, 0) is 22.7 Å². The summed E-state index contributed by atoms with van der Waals surface area (Å²) in [4.78, 5) is 50.6. The van der Waals surface area contributed by atoms with Crippen molar-refractivity contribution in [3.05, 3.63) is 180 Å². The third kappa shape index (κ3) is 18.6. The van der Waals surface area contributed by atoms with Crippen molar-refractivity contribution >= 4 is 72.9 Å². The van der Waals surface area contributed by atoms with E-state index in [-0.39, 0.29) is 88.3 Å². The van der Waals surface area contributed by atoms with Crippen LogP contribution < -0.4 is 39.8 Å². The monoisotopic (exact) mass is 1270 g/mol. The van der Waals surface area contributed by atoms with Gasteiger partial charge in [-0.2, -0.15) is 0 Å². The molecule has 0 unspecified atom stereocenters. The molecule has 0 aliphatic carbocycles. The van der Waals surface area contributed by atoms with Crippen LogP contribution in [0, 0.1) is 11.6 Å². The number of ether oxygens (including phenoxy) is 4. The first-order chi connectivity index (χ1) is 43.1. The minimum absolute atomic E-state index is 0. The molecule has 0 bridgehead atoms. The topological polar surface area (TPSA) is 266 Å². The van der Waals surface area contributed by atoms with Crippen molar-refractivity contribution < 1.29 is 77.5 Å². The van der Waals surface area contributed by atoms with Gasteiger partial charge in [-0.05, 0) is 133 Å². The van der Waals surface area contributed by atoms with Gasteiger partial charge in [0, 0.05) is 72.5 Å². The maximum Gasteiger partial charge on any atom is 2.00 e. The summed E-state index contributed by atoms with van der Waals surface area (Å²) in [7, 11) is 6.07. The zero-order valence-corrected chi connectivity index (χ0v) is 54.4. The van der Waals surface area contributed by atoms with Crippen LogP contribution in [-0.4, -0.2) is 144 Å². The van der Waals surface area contributed by atoms with Gasteiger partial charge in [-0.25, -0.2) is 8.78 Å². The predicted octanol–water partition coefficient (Wildman–Crippen LogP) is 9.61. The molecule has 0 aliphatic heterocycles. The van der Waals surface area contributed by atoms with Crippen molar-refractivity contribution in [3.8, 4) is 67.8 Å². The molecule has 18 nitrogen and oxygen atoms in total. The van der Waals surface area contributed by atoms with Gasteiger partial charge in [0.05, 0.1) is 86.7 Å². The first-order valence-electron chi connectivity index (χ1n) is 29.4. The molecule has 8 rings (SSSR count). The number of halogens is 2. The van der Waals surface area contributed by atoms with Gasteiger partial charge in [-0.1, -0.05) is 88.4 Å².